The molecule has 1 aromatic rings. The van der Waals surface area contributed by atoms with E-state index in [1.807, 2.05) is 0 Å². The van der Waals surface area contributed by atoms with E-state index in [0.29, 0.717) is 30.5 Å². The molecule has 7 nitrogen and oxygen atoms in total. The van der Waals surface area contributed by atoms with Gasteiger partial charge in [0.05, 0.1) is 24.1 Å². The third-order valence-corrected chi connectivity index (χ3v) is 3.22. The lowest BCUT2D eigenvalue weighted by molar-refractivity contribution is 0.0688. The molecule has 4 N–H and O–H groups in total. The number of anilines is 1. The van der Waals surface area contributed by atoms with Gasteiger partial charge in [-0.25, -0.2) is 0 Å². The fraction of sp³-hybridized carbons (Fsp3) is 0.692. The van der Waals surface area contributed by atoms with Gasteiger partial charge in [-0.1, -0.05) is 0 Å². The summed E-state index contributed by atoms with van der Waals surface area (Å²) in [5.74, 6) is 0.0381. The average Bonchev–Trinajstić information content (AvgIpc) is 2.96. The fourth-order valence-electron chi connectivity index (χ4n) is 2.14. The summed E-state index contributed by atoms with van der Waals surface area (Å²) in [7, 11) is 0. The minimum Gasteiger partial charge on any atom is -0.396 e. The van der Waals surface area contributed by atoms with Crippen molar-refractivity contribution in [1.82, 2.24) is 15.1 Å². The van der Waals surface area contributed by atoms with E-state index >= 15 is 0 Å². The highest BCUT2D eigenvalue weighted by Crippen LogP contribution is 2.18. The Morgan fingerprint density at radius 3 is 3.05 bits per heavy atom. The van der Waals surface area contributed by atoms with Gasteiger partial charge < -0.3 is 20.9 Å². The van der Waals surface area contributed by atoms with E-state index < -0.39 is 5.60 Å². The molecule has 0 aliphatic carbocycles. The predicted octanol–water partition coefficient (Wildman–Crippen LogP) is 0.00250. The minimum atomic E-state index is -0.964. The molecule has 0 aromatic carbocycles. The zero-order chi connectivity index (χ0) is 14.8. The monoisotopic (exact) mass is 282 g/mol. The molecule has 1 amide bonds. The maximum atomic E-state index is 12.2. The number of nitrogens with zero attached hydrogens (tertiary/aromatic N) is 2. The lowest BCUT2D eigenvalue weighted by Gasteiger charge is -2.18. The number of hydrogen-bond donors (Lipinski definition) is 3. The average molecular weight is 282 g/mol. The predicted molar refractivity (Wildman–Crippen MR) is 74.2 cm³/mol. The van der Waals surface area contributed by atoms with Crippen molar-refractivity contribution < 1.29 is 14.6 Å². The van der Waals surface area contributed by atoms with Crippen molar-refractivity contribution >= 4 is 11.6 Å². The first-order chi connectivity index (χ1) is 9.37. The van der Waals surface area contributed by atoms with Gasteiger partial charge in [0.1, 0.15) is 5.69 Å². The SMILES string of the molecule is CC(C)(O)CNC(=O)c1c(N)cnn1CC1CCOC1. The van der Waals surface area contributed by atoms with Crippen molar-refractivity contribution in [2.45, 2.75) is 32.4 Å². The summed E-state index contributed by atoms with van der Waals surface area (Å²) < 4.78 is 6.94. The van der Waals surface area contributed by atoms with Crippen molar-refractivity contribution in [2.24, 2.45) is 5.92 Å². The van der Waals surface area contributed by atoms with Crippen LogP contribution in [0.25, 0.3) is 0 Å². The van der Waals surface area contributed by atoms with Crippen molar-refractivity contribution in [3.8, 4) is 0 Å². The van der Waals surface area contributed by atoms with Crippen LogP contribution in [-0.4, -0.2) is 46.2 Å². The van der Waals surface area contributed by atoms with Crippen LogP contribution in [0.15, 0.2) is 6.20 Å². The highest BCUT2D eigenvalue weighted by Gasteiger charge is 2.23. The number of carbonyl (C=O) groups is 1. The molecule has 1 fully saturated rings. The number of carbonyl (C=O) groups excluding carboxylic acids is 1. The highest BCUT2D eigenvalue weighted by atomic mass is 16.5. The van der Waals surface area contributed by atoms with Crippen molar-refractivity contribution in [2.75, 3.05) is 25.5 Å². The van der Waals surface area contributed by atoms with Gasteiger partial charge in [0.15, 0.2) is 0 Å². The Labute approximate surface area is 118 Å². The first kappa shape index (κ1) is 14.8. The summed E-state index contributed by atoms with van der Waals surface area (Å²) in [5, 5.41) is 16.5. The van der Waals surface area contributed by atoms with Crippen LogP contribution in [0.2, 0.25) is 0 Å². The second-order valence-electron chi connectivity index (χ2n) is 5.86. The topological polar surface area (TPSA) is 102 Å². The number of nitrogens with two attached hydrogens (primary N) is 1. The Hall–Kier alpha value is -1.60. The number of aromatic nitrogens is 2. The molecule has 1 aromatic heterocycles. The Kier molecular flexibility index (Phi) is 4.29. The van der Waals surface area contributed by atoms with Crippen LogP contribution in [-0.2, 0) is 11.3 Å². The second kappa shape index (κ2) is 5.80. The van der Waals surface area contributed by atoms with Crippen LogP contribution in [0.4, 0.5) is 5.69 Å². The van der Waals surface area contributed by atoms with Gasteiger partial charge in [0.25, 0.3) is 5.91 Å². The van der Waals surface area contributed by atoms with Crippen LogP contribution in [0.3, 0.4) is 0 Å². The summed E-state index contributed by atoms with van der Waals surface area (Å²) in [6, 6.07) is 0. The molecule has 0 radical (unpaired) electrons. The highest BCUT2D eigenvalue weighted by molar-refractivity contribution is 5.97. The van der Waals surface area contributed by atoms with Crippen LogP contribution < -0.4 is 11.1 Å². The number of ether oxygens (including phenoxy) is 1. The fourth-order valence-corrected chi connectivity index (χ4v) is 2.14. The molecule has 112 valence electrons. The molecule has 1 aliphatic heterocycles. The van der Waals surface area contributed by atoms with Crippen molar-refractivity contribution in [3.05, 3.63) is 11.9 Å². The summed E-state index contributed by atoms with van der Waals surface area (Å²) in [6.45, 7) is 5.46. The van der Waals surface area contributed by atoms with E-state index in [0.717, 1.165) is 13.0 Å². The first-order valence-corrected chi connectivity index (χ1v) is 6.76. The van der Waals surface area contributed by atoms with E-state index in [-0.39, 0.29) is 12.5 Å². The molecule has 2 rings (SSSR count). The molecule has 7 heteroatoms. The van der Waals surface area contributed by atoms with Crippen LogP contribution in [0.5, 0.6) is 0 Å². The van der Waals surface area contributed by atoms with Gasteiger partial charge in [0.2, 0.25) is 0 Å². The third kappa shape index (κ3) is 3.71. The van der Waals surface area contributed by atoms with E-state index in [9.17, 15) is 9.90 Å². The normalized spacial score (nSPS) is 19.2. The summed E-state index contributed by atoms with van der Waals surface area (Å²) in [4.78, 5) is 12.2. The smallest absolute Gasteiger partial charge is 0.271 e. The molecule has 2 heterocycles. The molecule has 0 spiro atoms. The van der Waals surface area contributed by atoms with Crippen LogP contribution >= 0.6 is 0 Å². The molecule has 1 unspecified atom stereocenters. The van der Waals surface area contributed by atoms with E-state index in [2.05, 4.69) is 10.4 Å². The number of aliphatic hydroxyl groups is 1. The molecule has 1 atom stereocenters. The molecule has 20 heavy (non-hydrogen) atoms. The Morgan fingerprint density at radius 1 is 1.70 bits per heavy atom. The zero-order valence-corrected chi connectivity index (χ0v) is 11.9. The number of nitrogens with one attached hydrogen (secondary N) is 1. The van der Waals surface area contributed by atoms with Gasteiger partial charge in [-0.2, -0.15) is 5.10 Å². The standard InChI is InChI=1S/C13H22N4O3/c1-13(2,19)8-15-12(18)11-10(14)5-16-17(11)6-9-3-4-20-7-9/h5,9,19H,3-4,6-8,14H2,1-2H3,(H,15,18). The van der Waals surface area contributed by atoms with Crippen molar-refractivity contribution in [3.63, 3.8) is 0 Å². The second-order valence-corrected chi connectivity index (χ2v) is 5.86. The van der Waals surface area contributed by atoms with Crippen LogP contribution in [0, 0.1) is 5.92 Å². The van der Waals surface area contributed by atoms with Gasteiger partial charge in [-0.05, 0) is 20.3 Å². The maximum Gasteiger partial charge on any atom is 0.271 e. The Morgan fingerprint density at radius 2 is 2.45 bits per heavy atom. The number of rotatable bonds is 5. The van der Waals surface area contributed by atoms with Gasteiger partial charge in [-0.3, -0.25) is 9.48 Å². The summed E-state index contributed by atoms with van der Waals surface area (Å²) in [6.07, 6.45) is 2.44. The Bertz CT molecular complexity index is 472. The van der Waals surface area contributed by atoms with E-state index in [1.54, 1.807) is 18.5 Å². The lowest BCUT2D eigenvalue weighted by Crippen LogP contribution is -2.39. The molecular weight excluding hydrogens is 260 g/mol. The number of nitrogen functional groups attached to an aromatic ring is 1. The number of hydrogen-bond acceptors (Lipinski definition) is 5. The van der Waals surface area contributed by atoms with E-state index in [4.69, 9.17) is 10.5 Å². The van der Waals surface area contributed by atoms with Gasteiger partial charge in [0, 0.05) is 25.6 Å². The van der Waals surface area contributed by atoms with Gasteiger partial charge >= 0.3 is 0 Å². The first-order valence-electron chi connectivity index (χ1n) is 6.76. The summed E-state index contributed by atoms with van der Waals surface area (Å²) >= 11 is 0. The minimum absolute atomic E-state index is 0.156. The molecule has 1 aliphatic rings. The van der Waals surface area contributed by atoms with Gasteiger partial charge in [-0.15, -0.1) is 0 Å². The molecule has 1 saturated heterocycles. The van der Waals surface area contributed by atoms with Crippen LogP contribution in [0.1, 0.15) is 30.8 Å². The quantitative estimate of drug-likeness (QED) is 0.705. The van der Waals surface area contributed by atoms with Crippen molar-refractivity contribution in [1.29, 1.82) is 0 Å². The maximum absolute atomic E-state index is 12.2. The Balaban J connectivity index is 2.05. The molecular formula is C13H22N4O3. The third-order valence-electron chi connectivity index (χ3n) is 3.22. The summed E-state index contributed by atoms with van der Waals surface area (Å²) in [5.41, 5.74) is 5.55. The molecule has 0 bridgehead atoms. The lowest BCUT2D eigenvalue weighted by atomic mass is 10.1. The van der Waals surface area contributed by atoms with E-state index in [1.165, 1.54) is 6.20 Å². The number of amides is 1. The zero-order valence-electron chi connectivity index (χ0n) is 11.9. The largest absolute Gasteiger partial charge is 0.396 e. The molecule has 0 saturated carbocycles.